The van der Waals surface area contributed by atoms with Crippen molar-refractivity contribution in [2.45, 2.75) is 0 Å². The van der Waals surface area contributed by atoms with Gasteiger partial charge in [-0.25, -0.2) is 0 Å². The van der Waals surface area contributed by atoms with E-state index in [-0.39, 0.29) is 36.7 Å². The van der Waals surface area contributed by atoms with Crippen molar-refractivity contribution in [3.63, 3.8) is 0 Å². The van der Waals surface area contributed by atoms with Crippen molar-refractivity contribution in [3.8, 4) is 5.75 Å². The van der Waals surface area contributed by atoms with Crippen LogP contribution in [-0.2, 0) is 0 Å². The Bertz CT molecular complexity index is 147. The van der Waals surface area contributed by atoms with Crippen LogP contribution in [0, 0.1) is 0 Å². The van der Waals surface area contributed by atoms with Crippen molar-refractivity contribution in [1.29, 1.82) is 0 Å². The maximum atomic E-state index is 8.57. The van der Waals surface area contributed by atoms with Crippen molar-refractivity contribution < 1.29 is 36.1 Å². The molecular formula is C5H6NNaO. The molecule has 2 nitrogen and oxygen atoms in total. The molecule has 0 unspecified atom stereocenters. The Morgan fingerprint density at radius 1 is 1.62 bits per heavy atom. The summed E-state index contributed by atoms with van der Waals surface area (Å²) in [5.41, 5.74) is 0. The quantitative estimate of drug-likeness (QED) is 0.397. The summed E-state index contributed by atoms with van der Waals surface area (Å²) in [6.45, 7) is 0. The van der Waals surface area contributed by atoms with Crippen LogP contribution in [0.15, 0.2) is 24.5 Å². The summed E-state index contributed by atoms with van der Waals surface area (Å²) in [6, 6.07) is 3.25. The molecular weight excluding hydrogens is 113 g/mol. The van der Waals surface area contributed by atoms with Gasteiger partial charge in [0.1, 0.15) is 5.75 Å². The molecule has 0 fully saturated rings. The van der Waals surface area contributed by atoms with Gasteiger partial charge in [0.2, 0.25) is 0 Å². The van der Waals surface area contributed by atoms with Crippen molar-refractivity contribution in [3.05, 3.63) is 24.5 Å². The number of hydrogen-bond acceptors (Lipinski definition) is 2. The number of aromatic hydroxyl groups is 1. The summed E-state index contributed by atoms with van der Waals surface area (Å²) in [5, 5.41) is 8.57. The van der Waals surface area contributed by atoms with Gasteiger partial charge in [0.25, 0.3) is 0 Å². The second kappa shape index (κ2) is 3.89. The van der Waals surface area contributed by atoms with Gasteiger partial charge in [-0.1, -0.05) is 0 Å². The zero-order chi connectivity index (χ0) is 5.11. The number of nitrogens with zero attached hydrogens (tertiary/aromatic N) is 1. The fourth-order valence-electron chi connectivity index (χ4n) is 0.354. The average Bonchev–Trinajstić information content (AvgIpc) is 1.69. The van der Waals surface area contributed by atoms with Gasteiger partial charge >= 0.3 is 29.6 Å². The summed E-state index contributed by atoms with van der Waals surface area (Å²) in [4.78, 5) is 3.63. The van der Waals surface area contributed by atoms with Gasteiger partial charge in [-0.2, -0.15) is 0 Å². The van der Waals surface area contributed by atoms with E-state index < -0.39 is 0 Å². The van der Waals surface area contributed by atoms with Gasteiger partial charge in [0, 0.05) is 6.20 Å². The Morgan fingerprint density at radius 2 is 2.38 bits per heavy atom. The molecule has 0 amide bonds. The molecule has 3 heteroatoms. The molecule has 0 aliphatic heterocycles. The van der Waals surface area contributed by atoms with Gasteiger partial charge in [0.05, 0.1) is 6.20 Å². The molecule has 0 aliphatic rings. The van der Waals surface area contributed by atoms with Crippen LogP contribution in [-0.4, -0.2) is 10.1 Å². The van der Waals surface area contributed by atoms with E-state index in [2.05, 4.69) is 4.98 Å². The molecule has 1 aromatic rings. The molecule has 0 atom stereocenters. The topological polar surface area (TPSA) is 33.1 Å². The monoisotopic (exact) mass is 119 g/mol. The van der Waals surface area contributed by atoms with Gasteiger partial charge in [-0.3, -0.25) is 4.98 Å². The SMILES string of the molecule is Oc1cccnc1.[H-].[Na+]. The fraction of sp³-hybridized carbons (Fsp3) is 0. The summed E-state index contributed by atoms with van der Waals surface area (Å²) < 4.78 is 0. The fourth-order valence-corrected chi connectivity index (χ4v) is 0.354. The Morgan fingerprint density at radius 3 is 2.62 bits per heavy atom. The maximum absolute atomic E-state index is 8.57. The van der Waals surface area contributed by atoms with E-state index in [0.717, 1.165) is 0 Å². The van der Waals surface area contributed by atoms with E-state index in [0.29, 0.717) is 0 Å². The first kappa shape index (κ1) is 7.95. The van der Waals surface area contributed by atoms with Crippen LogP contribution in [0.2, 0.25) is 0 Å². The molecule has 0 aromatic carbocycles. The Kier molecular flexibility index (Phi) is 3.87. The normalized spacial score (nSPS) is 7.50. The largest absolute Gasteiger partial charge is 1.00 e. The number of rotatable bonds is 0. The van der Waals surface area contributed by atoms with Crippen molar-refractivity contribution in [1.82, 2.24) is 4.98 Å². The van der Waals surface area contributed by atoms with E-state index in [1.807, 2.05) is 0 Å². The maximum Gasteiger partial charge on any atom is 1.00 e. The molecule has 1 aromatic heterocycles. The summed E-state index contributed by atoms with van der Waals surface area (Å²) >= 11 is 0. The first-order valence-corrected chi connectivity index (χ1v) is 1.98. The molecule has 0 radical (unpaired) electrons. The van der Waals surface area contributed by atoms with Crippen LogP contribution in [0.25, 0.3) is 0 Å². The smallest absolute Gasteiger partial charge is 1.00 e. The zero-order valence-corrected chi connectivity index (χ0v) is 6.70. The van der Waals surface area contributed by atoms with Crippen LogP contribution >= 0.6 is 0 Å². The third-order valence-electron chi connectivity index (χ3n) is 0.646. The van der Waals surface area contributed by atoms with Crippen LogP contribution < -0.4 is 29.6 Å². The van der Waals surface area contributed by atoms with Crippen LogP contribution in [0.4, 0.5) is 0 Å². The molecule has 38 valence electrons. The number of hydrogen-bond donors (Lipinski definition) is 1. The van der Waals surface area contributed by atoms with Gasteiger partial charge in [0.15, 0.2) is 0 Å². The molecule has 0 spiro atoms. The second-order valence-electron chi connectivity index (χ2n) is 1.21. The Balaban J connectivity index is 0. The molecule has 8 heavy (non-hydrogen) atoms. The van der Waals surface area contributed by atoms with E-state index in [4.69, 9.17) is 5.11 Å². The third-order valence-corrected chi connectivity index (χ3v) is 0.646. The number of pyridine rings is 1. The molecule has 0 saturated carbocycles. The first-order chi connectivity index (χ1) is 3.39. The predicted octanol–water partition coefficient (Wildman–Crippen LogP) is -2.10. The van der Waals surface area contributed by atoms with Gasteiger partial charge in [-0.05, 0) is 12.1 Å². The molecule has 0 bridgehead atoms. The average molecular weight is 119 g/mol. The van der Waals surface area contributed by atoms with E-state index in [9.17, 15) is 0 Å². The third kappa shape index (κ3) is 2.31. The molecule has 1 N–H and O–H groups in total. The molecule has 0 saturated heterocycles. The Hall–Kier alpha value is -0.0500. The van der Waals surface area contributed by atoms with E-state index in [1.54, 1.807) is 18.3 Å². The van der Waals surface area contributed by atoms with Crippen molar-refractivity contribution >= 4 is 0 Å². The van der Waals surface area contributed by atoms with Crippen molar-refractivity contribution in [2.75, 3.05) is 0 Å². The minimum atomic E-state index is 0. The second-order valence-corrected chi connectivity index (χ2v) is 1.21. The van der Waals surface area contributed by atoms with E-state index >= 15 is 0 Å². The summed E-state index contributed by atoms with van der Waals surface area (Å²) in [5.74, 6) is 0.211. The first-order valence-electron chi connectivity index (χ1n) is 1.98. The van der Waals surface area contributed by atoms with Crippen LogP contribution in [0.3, 0.4) is 0 Å². The molecule has 1 heterocycles. The Labute approximate surface area is 71.3 Å². The van der Waals surface area contributed by atoms with Gasteiger partial charge in [-0.15, -0.1) is 0 Å². The minimum Gasteiger partial charge on any atom is -1.00 e. The van der Waals surface area contributed by atoms with Gasteiger partial charge < -0.3 is 6.53 Å². The van der Waals surface area contributed by atoms with Crippen LogP contribution in [0.1, 0.15) is 1.43 Å². The molecule has 0 aliphatic carbocycles. The summed E-state index contributed by atoms with van der Waals surface area (Å²) in [7, 11) is 0. The molecule has 1 rings (SSSR count). The minimum absolute atomic E-state index is 0. The van der Waals surface area contributed by atoms with Crippen LogP contribution in [0.5, 0.6) is 5.75 Å². The standard InChI is InChI=1S/C5H5NO.Na.H/c7-5-2-1-3-6-4-5;;/h1-4,7H;;/q;+1;-1. The predicted molar refractivity (Wildman–Crippen MR) is 27.0 cm³/mol. The zero-order valence-electron chi connectivity index (χ0n) is 5.70. The van der Waals surface area contributed by atoms with E-state index in [1.165, 1.54) is 6.20 Å². The summed E-state index contributed by atoms with van der Waals surface area (Å²) in [6.07, 6.45) is 3.00. The van der Waals surface area contributed by atoms with Crippen molar-refractivity contribution in [2.24, 2.45) is 0 Å². The number of aromatic nitrogens is 1.